The smallest absolute Gasteiger partial charge is 0.165 e. The largest absolute Gasteiger partial charge is 0.493 e. The Morgan fingerprint density at radius 1 is 0.714 bits per heavy atom. The van der Waals surface area contributed by atoms with Gasteiger partial charge in [0.15, 0.2) is 11.6 Å². The highest BCUT2D eigenvalue weighted by Crippen LogP contribution is 2.28. The molecule has 2 aromatic rings. The van der Waals surface area contributed by atoms with Crippen molar-refractivity contribution in [3.63, 3.8) is 0 Å². The Kier molecular flexibility index (Phi) is 10.7. The van der Waals surface area contributed by atoms with Crippen LogP contribution in [0.1, 0.15) is 69.2 Å². The van der Waals surface area contributed by atoms with Crippen molar-refractivity contribution in [2.75, 3.05) is 6.61 Å². The molecule has 2 aromatic carbocycles. The molecular formula is C24H33F3O. The van der Waals surface area contributed by atoms with Crippen LogP contribution in [0.3, 0.4) is 0 Å². The second-order valence-electron chi connectivity index (χ2n) is 6.33. The van der Waals surface area contributed by atoms with E-state index in [2.05, 4.69) is 6.07 Å². The van der Waals surface area contributed by atoms with Crippen molar-refractivity contribution >= 4 is 0 Å². The van der Waals surface area contributed by atoms with Gasteiger partial charge in [-0.15, -0.1) is 0 Å². The molecule has 156 valence electrons. The van der Waals surface area contributed by atoms with Gasteiger partial charge in [-0.2, -0.15) is 0 Å². The minimum atomic E-state index is -0.792. The molecule has 1 aliphatic carbocycles. The number of benzene rings is 2. The summed E-state index contributed by atoms with van der Waals surface area (Å²) in [5.74, 6) is -1.03. The summed E-state index contributed by atoms with van der Waals surface area (Å²) in [5, 5.41) is 0. The molecule has 0 spiro atoms. The molecule has 0 N–H and O–H groups in total. The molecule has 0 aromatic heterocycles. The Morgan fingerprint density at radius 3 is 2.07 bits per heavy atom. The molecule has 4 heteroatoms. The lowest BCUT2D eigenvalue weighted by molar-refractivity contribution is 0.281. The molecule has 1 nitrogen and oxygen atoms in total. The van der Waals surface area contributed by atoms with E-state index in [0.29, 0.717) is 24.3 Å². The fourth-order valence-corrected chi connectivity index (χ4v) is 3.27. The third-order valence-electron chi connectivity index (χ3n) is 4.64. The molecule has 0 unspecified atom stereocenters. The molecule has 0 atom stereocenters. The van der Waals surface area contributed by atoms with Crippen molar-refractivity contribution in [1.82, 2.24) is 0 Å². The predicted octanol–water partition coefficient (Wildman–Crippen LogP) is 7.36. The quantitative estimate of drug-likeness (QED) is 0.454. The zero-order valence-electron chi connectivity index (χ0n) is 17.8. The van der Waals surface area contributed by atoms with Crippen LogP contribution >= 0.6 is 0 Å². The van der Waals surface area contributed by atoms with Crippen molar-refractivity contribution in [2.24, 2.45) is 0 Å². The number of hydrogen-bond donors (Lipinski definition) is 0. The maximum atomic E-state index is 13.5. The molecule has 0 radical (unpaired) electrons. The van der Waals surface area contributed by atoms with Gasteiger partial charge in [0.2, 0.25) is 0 Å². The van der Waals surface area contributed by atoms with Crippen molar-refractivity contribution in [1.29, 1.82) is 0 Å². The molecule has 0 saturated carbocycles. The highest BCUT2D eigenvalue weighted by Gasteiger charge is 2.17. The lowest BCUT2D eigenvalue weighted by Gasteiger charge is -2.17. The monoisotopic (exact) mass is 394 g/mol. The maximum absolute atomic E-state index is 13.5. The topological polar surface area (TPSA) is 9.23 Å². The molecule has 0 bridgehead atoms. The van der Waals surface area contributed by atoms with Crippen LogP contribution in [0.2, 0.25) is 0 Å². The van der Waals surface area contributed by atoms with Gasteiger partial charge in [0.25, 0.3) is 0 Å². The van der Waals surface area contributed by atoms with E-state index in [1.54, 1.807) is 0 Å². The Bertz CT molecular complexity index is 678. The van der Waals surface area contributed by atoms with Crippen LogP contribution in [-0.4, -0.2) is 6.61 Å². The zero-order chi connectivity index (χ0) is 21.1. The van der Waals surface area contributed by atoms with E-state index >= 15 is 0 Å². The summed E-state index contributed by atoms with van der Waals surface area (Å²) >= 11 is 0. The van der Waals surface area contributed by atoms with Crippen LogP contribution in [-0.2, 0) is 19.3 Å². The van der Waals surface area contributed by atoms with Gasteiger partial charge in [-0.05, 0) is 74.3 Å². The summed E-state index contributed by atoms with van der Waals surface area (Å²) in [6.45, 7) is 10.4. The van der Waals surface area contributed by atoms with Gasteiger partial charge >= 0.3 is 0 Å². The summed E-state index contributed by atoms with van der Waals surface area (Å²) in [4.78, 5) is 0. The van der Waals surface area contributed by atoms with E-state index in [9.17, 15) is 13.2 Å². The first-order chi connectivity index (χ1) is 13.6. The second-order valence-corrected chi connectivity index (χ2v) is 6.33. The average Bonchev–Trinajstić information content (AvgIpc) is 2.77. The Labute approximate surface area is 167 Å². The normalized spacial score (nSPS) is 13.7. The van der Waals surface area contributed by atoms with Crippen molar-refractivity contribution in [3.05, 3.63) is 64.0 Å². The van der Waals surface area contributed by atoms with E-state index in [1.165, 1.54) is 18.1 Å². The number of halogens is 3. The fraction of sp³-hybridized carbons (Fsp3) is 0.500. The van der Waals surface area contributed by atoms with Crippen LogP contribution in [0.15, 0.2) is 24.3 Å². The lowest BCUT2D eigenvalue weighted by Crippen LogP contribution is -2.10. The van der Waals surface area contributed by atoms with Crippen LogP contribution in [0.25, 0.3) is 0 Å². The lowest BCUT2D eigenvalue weighted by atomic mass is 9.90. The molecule has 0 amide bonds. The third kappa shape index (κ3) is 6.02. The van der Waals surface area contributed by atoms with E-state index in [4.69, 9.17) is 4.74 Å². The molecule has 4 rings (SSSR count). The predicted molar refractivity (Wildman–Crippen MR) is 111 cm³/mol. The van der Waals surface area contributed by atoms with E-state index in [0.717, 1.165) is 42.9 Å². The van der Waals surface area contributed by atoms with Crippen LogP contribution < -0.4 is 4.74 Å². The molecule has 1 heterocycles. The summed E-state index contributed by atoms with van der Waals surface area (Å²) < 4.78 is 44.3. The minimum absolute atomic E-state index is 0.0344. The summed E-state index contributed by atoms with van der Waals surface area (Å²) in [6, 6.07) is 6.54. The molecular weight excluding hydrogens is 361 g/mol. The van der Waals surface area contributed by atoms with Crippen molar-refractivity contribution < 1.29 is 17.9 Å². The van der Waals surface area contributed by atoms with Crippen molar-refractivity contribution in [2.45, 2.75) is 73.1 Å². The van der Waals surface area contributed by atoms with Gasteiger partial charge in [0.05, 0.1) is 6.61 Å². The molecule has 28 heavy (non-hydrogen) atoms. The summed E-state index contributed by atoms with van der Waals surface area (Å²) in [5.41, 5.74) is 3.36. The molecule has 1 aliphatic heterocycles. The van der Waals surface area contributed by atoms with E-state index in [1.807, 2.05) is 40.7 Å². The van der Waals surface area contributed by atoms with E-state index < -0.39 is 11.6 Å². The third-order valence-corrected chi connectivity index (χ3v) is 4.64. The molecule has 0 fully saturated rings. The highest BCUT2D eigenvalue weighted by molar-refractivity contribution is 5.37. The fourth-order valence-electron chi connectivity index (χ4n) is 3.27. The molecule has 2 aliphatic rings. The number of rotatable bonds is 0. The first-order valence-corrected chi connectivity index (χ1v) is 10.4. The number of fused-ring (bicyclic) bond motifs is 2. The Morgan fingerprint density at radius 2 is 1.36 bits per heavy atom. The van der Waals surface area contributed by atoms with Crippen LogP contribution in [0.5, 0.6) is 5.75 Å². The minimum Gasteiger partial charge on any atom is -0.493 e. The highest BCUT2D eigenvalue weighted by atomic mass is 19.2. The summed E-state index contributed by atoms with van der Waals surface area (Å²) in [6.07, 6.45) is 5.69. The maximum Gasteiger partial charge on any atom is 0.165 e. The zero-order valence-corrected chi connectivity index (χ0v) is 17.8. The summed E-state index contributed by atoms with van der Waals surface area (Å²) in [7, 11) is 0. The number of aryl methyl sites for hydroxylation is 2. The van der Waals surface area contributed by atoms with Gasteiger partial charge in [-0.3, -0.25) is 0 Å². The Hall–Kier alpha value is -1.97. The van der Waals surface area contributed by atoms with Crippen LogP contribution in [0, 0.1) is 24.4 Å². The van der Waals surface area contributed by atoms with Gasteiger partial charge in [0, 0.05) is 5.56 Å². The standard InChI is InChI=1S/C11H13F.C9H8F2O.2C2H6/c1-8-6-7-9-4-2-3-5-10(9)11(8)12;10-7-3-4-8-6(9(7)11)2-1-5-12-8;2*1-2/h6-7H,2-5H2,1H3;3-4H,1-2,5H2;2*1-2H3. The first kappa shape index (κ1) is 24.1. The SMILES string of the molecule is CC.CC.Cc1ccc2c(c1F)CCCC2.Fc1ccc2c(c1F)CCCO2. The van der Waals surface area contributed by atoms with Gasteiger partial charge in [0.1, 0.15) is 11.6 Å². The molecule has 0 saturated heterocycles. The second kappa shape index (κ2) is 12.5. The van der Waals surface area contributed by atoms with Gasteiger partial charge in [-0.25, -0.2) is 13.2 Å². The number of hydrogen-bond acceptors (Lipinski definition) is 1. The van der Waals surface area contributed by atoms with Gasteiger partial charge < -0.3 is 4.74 Å². The average molecular weight is 395 g/mol. The van der Waals surface area contributed by atoms with E-state index in [-0.39, 0.29) is 5.82 Å². The Balaban J connectivity index is 0.000000238. The first-order valence-electron chi connectivity index (χ1n) is 10.4. The van der Waals surface area contributed by atoms with Crippen molar-refractivity contribution in [3.8, 4) is 5.75 Å². The number of ether oxygens (including phenoxy) is 1. The van der Waals surface area contributed by atoms with Crippen LogP contribution in [0.4, 0.5) is 13.2 Å². The van der Waals surface area contributed by atoms with Gasteiger partial charge in [-0.1, -0.05) is 39.8 Å².